The maximum Gasteiger partial charge on any atom is 0.320 e. The molecule has 0 bridgehead atoms. The van der Waals surface area contributed by atoms with Gasteiger partial charge < -0.3 is 15.6 Å². The number of benzene rings is 1. The average molecular weight is 235 g/mol. The molecule has 4 heteroatoms. The molecular formula is C13H17NO3. The number of nitrogens with two attached hydrogens (primary N) is 1. The Labute approximate surface area is 101 Å². The van der Waals surface area contributed by atoms with Gasteiger partial charge in [-0.3, -0.25) is 4.79 Å². The monoisotopic (exact) mass is 235 g/mol. The molecule has 0 saturated heterocycles. The second-order valence-electron chi connectivity index (χ2n) is 3.59. The third-order valence-corrected chi connectivity index (χ3v) is 2.19. The molecule has 0 radical (unpaired) electrons. The lowest BCUT2D eigenvalue weighted by atomic mass is 10.1. The first-order chi connectivity index (χ1) is 8.13. The first-order valence-corrected chi connectivity index (χ1v) is 5.51. The summed E-state index contributed by atoms with van der Waals surface area (Å²) in [6.07, 6.45) is 3.91. The maximum atomic E-state index is 10.5. The zero-order valence-electron chi connectivity index (χ0n) is 9.80. The third kappa shape index (κ3) is 4.70. The topological polar surface area (TPSA) is 72.5 Å². The molecule has 0 amide bonds. The highest BCUT2D eigenvalue weighted by atomic mass is 16.5. The van der Waals surface area contributed by atoms with Crippen LogP contribution >= 0.6 is 0 Å². The van der Waals surface area contributed by atoms with Gasteiger partial charge in [-0.15, -0.1) is 0 Å². The normalized spacial score (nSPS) is 12.6. The summed E-state index contributed by atoms with van der Waals surface area (Å²) in [6.45, 7) is 2.55. The van der Waals surface area contributed by atoms with Crippen LogP contribution in [0.5, 0.6) is 5.75 Å². The standard InChI is InChI=1S/C13H17NO3/c1-2-17-11-7-3-5-10(9-11)6-4-8-12(14)13(15)16/h3-7,9,12H,2,8,14H2,1H3,(H,15,16)/b6-4+. The van der Waals surface area contributed by atoms with Gasteiger partial charge in [0.05, 0.1) is 6.61 Å². The molecule has 92 valence electrons. The van der Waals surface area contributed by atoms with Crippen molar-refractivity contribution in [3.63, 3.8) is 0 Å². The average Bonchev–Trinajstić information content (AvgIpc) is 2.29. The van der Waals surface area contributed by atoms with Crippen LogP contribution in [-0.4, -0.2) is 23.7 Å². The quantitative estimate of drug-likeness (QED) is 0.789. The molecule has 0 spiro atoms. The Morgan fingerprint density at radius 3 is 3.00 bits per heavy atom. The molecule has 0 saturated carbocycles. The number of carbonyl (C=O) groups is 1. The lowest BCUT2D eigenvalue weighted by Crippen LogP contribution is -2.29. The van der Waals surface area contributed by atoms with Gasteiger partial charge in [0.1, 0.15) is 11.8 Å². The van der Waals surface area contributed by atoms with Gasteiger partial charge in [0.25, 0.3) is 0 Å². The molecular weight excluding hydrogens is 218 g/mol. The zero-order valence-corrected chi connectivity index (χ0v) is 9.80. The highest BCUT2D eigenvalue weighted by Crippen LogP contribution is 2.14. The molecule has 3 N–H and O–H groups in total. The van der Waals surface area contributed by atoms with Gasteiger partial charge in [-0.2, -0.15) is 0 Å². The number of carboxylic acids is 1. The van der Waals surface area contributed by atoms with Crippen molar-refractivity contribution in [3.05, 3.63) is 35.9 Å². The minimum absolute atomic E-state index is 0.314. The lowest BCUT2D eigenvalue weighted by Gasteiger charge is -2.03. The number of ether oxygens (including phenoxy) is 1. The second-order valence-corrected chi connectivity index (χ2v) is 3.59. The molecule has 4 nitrogen and oxygen atoms in total. The summed E-state index contributed by atoms with van der Waals surface area (Å²) in [5, 5.41) is 8.61. The molecule has 1 aromatic rings. The fourth-order valence-corrected chi connectivity index (χ4v) is 1.33. The van der Waals surface area contributed by atoms with Gasteiger partial charge in [-0.25, -0.2) is 0 Å². The van der Waals surface area contributed by atoms with Crippen molar-refractivity contribution >= 4 is 12.0 Å². The number of rotatable bonds is 6. The van der Waals surface area contributed by atoms with Crippen molar-refractivity contribution in [2.24, 2.45) is 5.73 Å². The SMILES string of the molecule is CCOc1cccc(/C=C/CC(N)C(=O)O)c1. The summed E-state index contributed by atoms with van der Waals surface area (Å²) >= 11 is 0. The minimum Gasteiger partial charge on any atom is -0.494 e. The van der Waals surface area contributed by atoms with Crippen molar-refractivity contribution in [1.82, 2.24) is 0 Å². The number of carboxylic acid groups (broad SMARTS) is 1. The molecule has 0 aromatic heterocycles. The highest BCUT2D eigenvalue weighted by Gasteiger charge is 2.07. The molecule has 1 aromatic carbocycles. The summed E-state index contributed by atoms with van der Waals surface area (Å²) in [7, 11) is 0. The summed E-state index contributed by atoms with van der Waals surface area (Å²) in [6, 6.07) is 6.74. The summed E-state index contributed by atoms with van der Waals surface area (Å²) in [4.78, 5) is 10.5. The highest BCUT2D eigenvalue weighted by molar-refractivity contribution is 5.73. The van der Waals surface area contributed by atoms with E-state index >= 15 is 0 Å². The van der Waals surface area contributed by atoms with Crippen LogP contribution in [0.3, 0.4) is 0 Å². The first kappa shape index (κ1) is 13.3. The van der Waals surface area contributed by atoms with E-state index < -0.39 is 12.0 Å². The molecule has 1 rings (SSSR count). The van der Waals surface area contributed by atoms with E-state index in [4.69, 9.17) is 15.6 Å². The molecule has 0 heterocycles. The van der Waals surface area contributed by atoms with Crippen LogP contribution in [0.1, 0.15) is 18.9 Å². The summed E-state index contributed by atoms with van der Waals surface area (Å²) in [5.41, 5.74) is 6.35. The van der Waals surface area contributed by atoms with Gasteiger partial charge in [-0.05, 0) is 31.0 Å². The fourth-order valence-electron chi connectivity index (χ4n) is 1.33. The van der Waals surface area contributed by atoms with Gasteiger partial charge in [0, 0.05) is 0 Å². The Balaban J connectivity index is 2.58. The van der Waals surface area contributed by atoms with E-state index in [9.17, 15) is 4.79 Å². The van der Waals surface area contributed by atoms with Crippen LogP contribution in [-0.2, 0) is 4.79 Å². The van der Waals surface area contributed by atoms with Crippen LogP contribution in [0, 0.1) is 0 Å². The Kier molecular flexibility index (Phi) is 5.23. The van der Waals surface area contributed by atoms with Crippen LogP contribution in [0.15, 0.2) is 30.3 Å². The van der Waals surface area contributed by atoms with E-state index in [1.54, 1.807) is 6.08 Å². The Hall–Kier alpha value is -1.81. The maximum absolute atomic E-state index is 10.5. The molecule has 17 heavy (non-hydrogen) atoms. The van der Waals surface area contributed by atoms with Crippen molar-refractivity contribution in [1.29, 1.82) is 0 Å². The predicted octanol–water partition coefficient (Wildman–Crippen LogP) is 1.90. The minimum atomic E-state index is -0.988. The second kappa shape index (κ2) is 6.70. The van der Waals surface area contributed by atoms with Crippen LogP contribution < -0.4 is 10.5 Å². The summed E-state index contributed by atoms with van der Waals surface area (Å²) in [5.74, 6) is -0.185. The molecule has 0 aliphatic rings. The summed E-state index contributed by atoms with van der Waals surface area (Å²) < 4.78 is 5.36. The number of aliphatic carboxylic acids is 1. The Bertz CT molecular complexity index is 401. The van der Waals surface area contributed by atoms with Crippen molar-refractivity contribution in [2.45, 2.75) is 19.4 Å². The van der Waals surface area contributed by atoms with Crippen LogP contribution in [0.4, 0.5) is 0 Å². The lowest BCUT2D eigenvalue weighted by molar-refractivity contribution is -0.138. The first-order valence-electron chi connectivity index (χ1n) is 5.51. The Morgan fingerprint density at radius 1 is 1.59 bits per heavy atom. The molecule has 1 atom stereocenters. The van der Waals surface area contributed by atoms with E-state index in [1.165, 1.54) is 0 Å². The van der Waals surface area contributed by atoms with Crippen molar-refractivity contribution < 1.29 is 14.6 Å². The van der Waals surface area contributed by atoms with Crippen molar-refractivity contribution in [3.8, 4) is 5.75 Å². The Morgan fingerprint density at radius 2 is 2.35 bits per heavy atom. The van der Waals surface area contributed by atoms with E-state index in [2.05, 4.69) is 0 Å². The molecule has 1 unspecified atom stereocenters. The van der Waals surface area contributed by atoms with E-state index in [-0.39, 0.29) is 0 Å². The van der Waals surface area contributed by atoms with Gasteiger partial charge in [0.2, 0.25) is 0 Å². The molecule has 0 aliphatic carbocycles. The van der Waals surface area contributed by atoms with Crippen molar-refractivity contribution in [2.75, 3.05) is 6.61 Å². The number of hydrogen-bond acceptors (Lipinski definition) is 3. The van der Waals surface area contributed by atoms with E-state index in [1.807, 2.05) is 37.3 Å². The third-order valence-electron chi connectivity index (χ3n) is 2.19. The van der Waals surface area contributed by atoms with Crippen LogP contribution in [0.25, 0.3) is 6.08 Å². The predicted molar refractivity (Wildman–Crippen MR) is 66.9 cm³/mol. The number of hydrogen-bond donors (Lipinski definition) is 2. The largest absolute Gasteiger partial charge is 0.494 e. The van der Waals surface area contributed by atoms with Crippen LogP contribution in [0.2, 0.25) is 0 Å². The van der Waals surface area contributed by atoms with E-state index in [0.29, 0.717) is 13.0 Å². The fraction of sp³-hybridized carbons (Fsp3) is 0.308. The van der Waals surface area contributed by atoms with E-state index in [0.717, 1.165) is 11.3 Å². The smallest absolute Gasteiger partial charge is 0.320 e. The van der Waals surface area contributed by atoms with Gasteiger partial charge >= 0.3 is 5.97 Å². The zero-order chi connectivity index (χ0) is 12.7. The molecule has 0 fully saturated rings. The molecule has 0 aliphatic heterocycles. The van der Waals surface area contributed by atoms with Gasteiger partial charge in [-0.1, -0.05) is 24.3 Å². The van der Waals surface area contributed by atoms with Gasteiger partial charge in [0.15, 0.2) is 0 Å².